The van der Waals surface area contributed by atoms with Crippen LogP contribution in [0.15, 0.2) is 54.7 Å². The zero-order valence-electron chi connectivity index (χ0n) is 23.0. The van der Waals surface area contributed by atoms with E-state index in [-0.39, 0.29) is 14.9 Å². The van der Waals surface area contributed by atoms with Crippen molar-refractivity contribution >= 4 is 14.9 Å². The molecule has 0 saturated carbocycles. The average molecular weight is 537 g/mol. The molecule has 1 aliphatic rings. The lowest BCUT2D eigenvalue weighted by Gasteiger charge is -2.27. The standard InChI is InChI=1S/C29H38N3O5Si/c1-29(2,3)37-28(33)30-19-25-11-8-22-18-24(12-13-27(22)36-25)35-23-9-6-21(7-10-23)26-14-15-31-32(26)20-34-16-17-38(4)5/h6-7,9-10,12-15,18,25H,8,11,16-17,19-20H2,1-5H3,(H,30,33). The van der Waals surface area contributed by atoms with E-state index in [9.17, 15) is 4.79 Å². The third-order valence-electron chi connectivity index (χ3n) is 6.00. The maximum Gasteiger partial charge on any atom is 0.407 e. The fraction of sp³-hybridized carbons (Fsp3) is 0.448. The summed E-state index contributed by atoms with van der Waals surface area (Å²) in [6, 6.07) is 17.0. The minimum atomic E-state index is -0.522. The SMILES string of the molecule is C[Si](C)CCOCn1nccc1-c1ccc(Oc2ccc3c(c2)CCC(CNC(=O)OC(C)(C)C)O3)cc1. The van der Waals surface area contributed by atoms with Crippen LogP contribution in [-0.4, -0.2) is 49.5 Å². The molecule has 1 unspecified atom stereocenters. The smallest absolute Gasteiger partial charge is 0.407 e. The van der Waals surface area contributed by atoms with Gasteiger partial charge in [0.1, 0.15) is 35.7 Å². The number of fused-ring (bicyclic) bond motifs is 1. The Bertz CT molecular complexity index is 1200. The molecule has 1 amide bonds. The number of carbonyl (C=O) groups is 1. The molecule has 1 aliphatic heterocycles. The molecule has 3 aromatic rings. The first-order valence-electron chi connectivity index (χ1n) is 13.1. The summed E-state index contributed by atoms with van der Waals surface area (Å²) in [6.45, 7) is 11.7. The summed E-state index contributed by atoms with van der Waals surface area (Å²) in [7, 11) is -0.279. The third-order valence-corrected chi connectivity index (χ3v) is 7.20. The van der Waals surface area contributed by atoms with Gasteiger partial charge >= 0.3 is 6.09 Å². The number of benzene rings is 2. The van der Waals surface area contributed by atoms with Crippen LogP contribution in [0.2, 0.25) is 19.1 Å². The van der Waals surface area contributed by atoms with Crippen molar-refractivity contribution in [3.8, 4) is 28.5 Å². The summed E-state index contributed by atoms with van der Waals surface area (Å²) >= 11 is 0. The number of hydrogen-bond acceptors (Lipinski definition) is 6. The van der Waals surface area contributed by atoms with Gasteiger partial charge in [-0.05, 0) is 93.8 Å². The van der Waals surface area contributed by atoms with Crippen molar-refractivity contribution in [2.75, 3.05) is 13.2 Å². The molecule has 0 saturated heterocycles. The van der Waals surface area contributed by atoms with Crippen LogP contribution >= 0.6 is 0 Å². The van der Waals surface area contributed by atoms with Crippen molar-refractivity contribution < 1.29 is 23.7 Å². The number of hydrogen-bond donors (Lipinski definition) is 1. The van der Waals surface area contributed by atoms with Gasteiger partial charge in [-0.25, -0.2) is 9.48 Å². The first-order chi connectivity index (χ1) is 18.2. The van der Waals surface area contributed by atoms with E-state index in [0.29, 0.717) is 13.3 Å². The maximum absolute atomic E-state index is 11.9. The third kappa shape index (κ3) is 8.10. The Balaban J connectivity index is 1.30. The largest absolute Gasteiger partial charge is 0.488 e. The Morgan fingerprint density at radius 2 is 1.89 bits per heavy atom. The zero-order valence-corrected chi connectivity index (χ0v) is 24.0. The predicted octanol–water partition coefficient (Wildman–Crippen LogP) is 6.29. The van der Waals surface area contributed by atoms with Crippen LogP contribution in [0.25, 0.3) is 11.3 Å². The molecule has 0 spiro atoms. The molecule has 0 aliphatic carbocycles. The van der Waals surface area contributed by atoms with E-state index in [0.717, 1.165) is 59.6 Å². The predicted molar refractivity (Wildman–Crippen MR) is 149 cm³/mol. The highest BCUT2D eigenvalue weighted by Crippen LogP contribution is 2.33. The minimum absolute atomic E-state index is 0.0928. The molecular formula is C29H38N3O5Si. The van der Waals surface area contributed by atoms with Crippen molar-refractivity contribution in [2.24, 2.45) is 0 Å². The number of carbonyl (C=O) groups excluding carboxylic acids is 1. The number of alkyl carbamates (subject to hydrolysis) is 1. The van der Waals surface area contributed by atoms with Gasteiger partial charge in [0, 0.05) is 27.2 Å². The van der Waals surface area contributed by atoms with E-state index >= 15 is 0 Å². The van der Waals surface area contributed by atoms with Gasteiger partial charge in [-0.2, -0.15) is 5.10 Å². The van der Waals surface area contributed by atoms with Crippen molar-refractivity contribution in [3.63, 3.8) is 0 Å². The molecule has 1 atom stereocenters. The Hall–Kier alpha value is -3.30. The summed E-state index contributed by atoms with van der Waals surface area (Å²) in [6.07, 6.45) is 2.92. The van der Waals surface area contributed by atoms with Crippen molar-refractivity contribution in [1.29, 1.82) is 0 Å². The van der Waals surface area contributed by atoms with Crippen LogP contribution in [0.3, 0.4) is 0 Å². The van der Waals surface area contributed by atoms with Gasteiger partial charge in [-0.15, -0.1) is 0 Å². The molecule has 203 valence electrons. The summed E-state index contributed by atoms with van der Waals surface area (Å²) in [5.74, 6) is 2.34. The maximum atomic E-state index is 11.9. The average Bonchev–Trinajstić information content (AvgIpc) is 3.33. The summed E-state index contributed by atoms with van der Waals surface area (Å²) < 4.78 is 25.2. The molecule has 9 heteroatoms. The van der Waals surface area contributed by atoms with E-state index in [1.807, 2.05) is 74.0 Å². The molecule has 8 nitrogen and oxygen atoms in total. The van der Waals surface area contributed by atoms with E-state index < -0.39 is 11.7 Å². The molecule has 1 aromatic heterocycles. The fourth-order valence-corrected chi connectivity index (χ4v) is 4.63. The highest BCUT2D eigenvalue weighted by Gasteiger charge is 2.22. The molecule has 1 N–H and O–H groups in total. The fourth-order valence-electron chi connectivity index (χ4n) is 4.08. The first kappa shape index (κ1) is 27.7. The first-order valence-corrected chi connectivity index (χ1v) is 15.8. The van der Waals surface area contributed by atoms with Gasteiger partial charge in [0.2, 0.25) is 0 Å². The second-order valence-electron chi connectivity index (χ2n) is 10.8. The van der Waals surface area contributed by atoms with Gasteiger partial charge in [0.05, 0.1) is 12.2 Å². The Labute approximate surface area is 226 Å². The number of amides is 1. The summed E-state index contributed by atoms with van der Waals surface area (Å²) in [4.78, 5) is 11.9. The quantitative estimate of drug-likeness (QED) is 0.242. The zero-order chi connectivity index (χ0) is 27.1. The molecular weight excluding hydrogens is 498 g/mol. The van der Waals surface area contributed by atoms with Crippen molar-refractivity contribution in [2.45, 2.75) is 71.2 Å². The highest BCUT2D eigenvalue weighted by molar-refractivity contribution is 6.55. The van der Waals surface area contributed by atoms with Gasteiger partial charge in [0.25, 0.3) is 0 Å². The number of aryl methyl sites for hydroxylation is 1. The number of nitrogens with zero attached hydrogens (tertiary/aromatic N) is 2. The highest BCUT2D eigenvalue weighted by atomic mass is 28.3. The number of aromatic nitrogens is 2. The number of nitrogens with one attached hydrogen (secondary N) is 1. The lowest BCUT2D eigenvalue weighted by molar-refractivity contribution is 0.0494. The summed E-state index contributed by atoms with van der Waals surface area (Å²) in [5, 5.41) is 7.21. The summed E-state index contributed by atoms with van der Waals surface area (Å²) in [5.41, 5.74) is 2.64. The van der Waals surface area contributed by atoms with Crippen LogP contribution in [0.1, 0.15) is 32.8 Å². The molecule has 0 bridgehead atoms. The topological polar surface area (TPSA) is 83.8 Å². The van der Waals surface area contributed by atoms with E-state index in [1.54, 1.807) is 6.20 Å². The molecule has 0 fully saturated rings. The van der Waals surface area contributed by atoms with Gasteiger partial charge in [0.15, 0.2) is 0 Å². The Morgan fingerprint density at radius 3 is 2.63 bits per heavy atom. The van der Waals surface area contributed by atoms with E-state index in [4.69, 9.17) is 18.9 Å². The second-order valence-corrected chi connectivity index (χ2v) is 13.7. The lowest BCUT2D eigenvalue weighted by atomic mass is 10.0. The van der Waals surface area contributed by atoms with Crippen LogP contribution in [-0.2, 0) is 22.6 Å². The molecule has 2 heterocycles. The Morgan fingerprint density at radius 1 is 1.13 bits per heavy atom. The van der Waals surface area contributed by atoms with E-state index in [1.165, 1.54) is 0 Å². The molecule has 38 heavy (non-hydrogen) atoms. The van der Waals surface area contributed by atoms with Crippen LogP contribution < -0.4 is 14.8 Å². The Kier molecular flexibility index (Phi) is 9.12. The van der Waals surface area contributed by atoms with Crippen molar-refractivity contribution in [3.05, 3.63) is 60.3 Å². The second kappa shape index (κ2) is 12.5. The number of ether oxygens (including phenoxy) is 4. The van der Waals surface area contributed by atoms with Crippen LogP contribution in [0.5, 0.6) is 17.2 Å². The van der Waals surface area contributed by atoms with Gasteiger partial charge < -0.3 is 24.3 Å². The molecule has 1 radical (unpaired) electrons. The lowest BCUT2D eigenvalue weighted by Crippen LogP contribution is -2.40. The molecule has 2 aromatic carbocycles. The van der Waals surface area contributed by atoms with Crippen LogP contribution in [0.4, 0.5) is 4.79 Å². The normalized spacial score (nSPS) is 15.1. The van der Waals surface area contributed by atoms with Gasteiger partial charge in [-0.3, -0.25) is 0 Å². The number of rotatable bonds is 10. The minimum Gasteiger partial charge on any atom is -0.488 e. The molecule has 4 rings (SSSR count). The van der Waals surface area contributed by atoms with E-state index in [2.05, 4.69) is 23.5 Å². The van der Waals surface area contributed by atoms with Crippen LogP contribution in [0, 0.1) is 0 Å². The monoisotopic (exact) mass is 536 g/mol. The van der Waals surface area contributed by atoms with Crippen molar-refractivity contribution in [1.82, 2.24) is 15.1 Å². The van der Waals surface area contributed by atoms with Gasteiger partial charge in [-0.1, -0.05) is 13.1 Å².